The molecule has 0 spiro atoms. The topological polar surface area (TPSA) is 240 Å². The quantitative estimate of drug-likeness (QED) is 0.0224. The van der Waals surface area contributed by atoms with Crippen LogP contribution in [0.15, 0.2) is 114 Å². The van der Waals surface area contributed by atoms with Crippen LogP contribution in [-0.2, 0) is 48.2 Å². The van der Waals surface area contributed by atoms with Crippen LogP contribution in [0.25, 0.3) is 0 Å². The molecule has 0 saturated carbocycles. The highest BCUT2D eigenvalue weighted by Crippen LogP contribution is 2.35. The van der Waals surface area contributed by atoms with Gasteiger partial charge in [-0.2, -0.15) is 0 Å². The predicted octanol–water partition coefficient (Wildman–Crippen LogP) is 6.55. The van der Waals surface area contributed by atoms with E-state index in [0.29, 0.717) is 50.2 Å². The number of benzene rings is 3. The molecule has 10 atom stereocenters. The van der Waals surface area contributed by atoms with Gasteiger partial charge in [0.1, 0.15) is 29.9 Å². The van der Waals surface area contributed by atoms with Crippen LogP contribution < -0.4 is 31.9 Å². The largest absolute Gasteiger partial charge is 0.343 e. The second-order valence-electron chi connectivity index (χ2n) is 23.1. The summed E-state index contributed by atoms with van der Waals surface area (Å²) >= 11 is 0. The fraction of sp³-hybridized carbons (Fsp3) is 0.556. The number of hydrogen-bond acceptors (Lipinski definition) is 12. The first kappa shape index (κ1) is 61.7. The number of nitrogens with zero attached hydrogens (tertiary/aromatic N) is 8. The highest BCUT2D eigenvalue weighted by Gasteiger charge is 2.46. The normalized spacial score (nSPS) is 22.4. The zero-order valence-corrected chi connectivity index (χ0v) is 49.3. The number of unbranched alkanes of at least 4 members (excludes halogenated alkanes) is 2. The Labute approximate surface area is 489 Å². The van der Waals surface area contributed by atoms with Gasteiger partial charge in [0.15, 0.2) is 0 Å². The minimum atomic E-state index is -0.687. The number of carbonyl (C=O) groups excluding carboxylic acids is 6. The van der Waals surface area contributed by atoms with E-state index >= 15 is 0 Å². The van der Waals surface area contributed by atoms with Gasteiger partial charge in [0.2, 0.25) is 35.4 Å². The molecule has 4 aliphatic rings. The summed E-state index contributed by atoms with van der Waals surface area (Å²) in [4.78, 5) is 85.8. The van der Waals surface area contributed by atoms with E-state index in [1.54, 1.807) is 42.8 Å². The number of likely N-dealkylation sites (N-methyl/N-ethyl adjacent to an activating group) is 2. The van der Waals surface area contributed by atoms with Crippen molar-refractivity contribution in [2.45, 2.75) is 196 Å². The van der Waals surface area contributed by atoms with Gasteiger partial charge in [-0.05, 0) is 140 Å². The van der Waals surface area contributed by atoms with Gasteiger partial charge in [-0.3, -0.25) is 38.5 Å². The van der Waals surface area contributed by atoms with Crippen molar-refractivity contribution in [3.05, 3.63) is 131 Å². The fourth-order valence-corrected chi connectivity index (χ4v) is 12.1. The van der Waals surface area contributed by atoms with E-state index in [2.05, 4.69) is 83.4 Å². The van der Waals surface area contributed by atoms with Crippen molar-refractivity contribution >= 4 is 35.4 Å². The maximum atomic E-state index is 14.3. The minimum Gasteiger partial charge on any atom is -0.343 e. The number of nitrogens with one attached hydrogen (secondary N) is 6. The van der Waals surface area contributed by atoms with E-state index in [-0.39, 0.29) is 47.5 Å². The maximum Gasteiger partial charge on any atom is 0.246 e. The zero-order chi connectivity index (χ0) is 58.8. The zero-order valence-electron chi connectivity index (χ0n) is 49.3. The summed E-state index contributed by atoms with van der Waals surface area (Å²) in [6, 6.07) is 23.2. The SMILES string of the molecule is C=C(N=NN(C)CCCCc1ccc(CCCCn2cc([C@@H](NC(=O)[C@@H]3CC[C@@H]4CCCC[C@H](NC(=O)[C@H](C)NC)C(=O)N43)c3ccccc3)nn2)cc1)[C@@H](NC(=O)[C@@H]1CC[C@@H]2CCCC[C@H](NC(=O)[C@H](C)NC)C(=O)N21)c1ccccc1. The predicted molar refractivity (Wildman–Crippen MR) is 318 cm³/mol. The maximum absolute atomic E-state index is 14.3. The van der Waals surface area contributed by atoms with Crippen LogP contribution in [0.2, 0.25) is 0 Å². The van der Waals surface area contributed by atoms with E-state index in [4.69, 9.17) is 0 Å². The number of amides is 6. The molecule has 4 aliphatic heterocycles. The van der Waals surface area contributed by atoms with Gasteiger partial charge in [-0.25, -0.2) is 0 Å². The third-order valence-corrected chi connectivity index (χ3v) is 17.2. The Morgan fingerprint density at radius 3 is 1.66 bits per heavy atom. The van der Waals surface area contributed by atoms with Gasteiger partial charge >= 0.3 is 0 Å². The molecule has 4 saturated heterocycles. The molecule has 20 heteroatoms. The number of fused-ring (bicyclic) bond motifs is 2. The summed E-state index contributed by atoms with van der Waals surface area (Å²) in [5, 5.41) is 38.0. The molecule has 20 nitrogen and oxygen atoms in total. The van der Waals surface area contributed by atoms with Gasteiger partial charge in [-0.1, -0.05) is 128 Å². The summed E-state index contributed by atoms with van der Waals surface area (Å²) in [6.07, 6.45) is 16.3. The molecule has 8 rings (SSSR count). The average molecular weight is 1140 g/mol. The van der Waals surface area contributed by atoms with Crippen LogP contribution >= 0.6 is 0 Å². The molecule has 5 heterocycles. The van der Waals surface area contributed by atoms with Crippen LogP contribution in [0.5, 0.6) is 0 Å². The van der Waals surface area contributed by atoms with Crippen LogP contribution in [0.3, 0.4) is 0 Å². The van der Waals surface area contributed by atoms with Gasteiger partial charge < -0.3 is 41.7 Å². The molecule has 0 aliphatic carbocycles. The van der Waals surface area contributed by atoms with Crippen molar-refractivity contribution in [1.82, 2.24) is 61.7 Å². The number of rotatable bonds is 26. The second-order valence-corrected chi connectivity index (χ2v) is 23.1. The van der Waals surface area contributed by atoms with E-state index < -0.39 is 48.3 Å². The molecule has 83 heavy (non-hydrogen) atoms. The molecule has 0 unspecified atom stereocenters. The number of aromatic nitrogens is 3. The van der Waals surface area contributed by atoms with Crippen molar-refractivity contribution in [3.8, 4) is 0 Å². The lowest BCUT2D eigenvalue weighted by Crippen LogP contribution is -2.58. The molecular formula is C63H88N14O6. The molecule has 6 amide bonds. The Balaban J connectivity index is 0.775. The van der Waals surface area contributed by atoms with Crippen molar-refractivity contribution in [1.29, 1.82) is 0 Å². The first-order valence-electron chi connectivity index (χ1n) is 30.3. The number of carbonyl (C=O) groups is 6. The van der Waals surface area contributed by atoms with Gasteiger partial charge in [-0.15, -0.1) is 10.2 Å². The molecule has 4 aromatic rings. The van der Waals surface area contributed by atoms with E-state index in [0.717, 1.165) is 101 Å². The third kappa shape index (κ3) is 16.5. The first-order chi connectivity index (χ1) is 40.2. The van der Waals surface area contributed by atoms with Crippen molar-refractivity contribution in [2.24, 2.45) is 10.3 Å². The monoisotopic (exact) mass is 1140 g/mol. The van der Waals surface area contributed by atoms with E-state index in [1.807, 2.05) is 78.6 Å². The molecule has 0 radical (unpaired) electrons. The lowest BCUT2D eigenvalue weighted by molar-refractivity contribution is -0.144. The number of hydrogen-bond donors (Lipinski definition) is 6. The Morgan fingerprint density at radius 1 is 0.639 bits per heavy atom. The smallest absolute Gasteiger partial charge is 0.246 e. The van der Waals surface area contributed by atoms with Crippen LogP contribution in [-0.4, -0.2) is 141 Å². The molecule has 1 aromatic heterocycles. The van der Waals surface area contributed by atoms with Crippen LogP contribution in [0, 0.1) is 0 Å². The van der Waals surface area contributed by atoms with Crippen molar-refractivity contribution in [2.75, 3.05) is 27.7 Å². The average Bonchev–Trinajstić information content (AvgIpc) is 4.31. The molecule has 3 aromatic carbocycles. The lowest BCUT2D eigenvalue weighted by Gasteiger charge is -2.36. The molecule has 6 N–H and O–H groups in total. The molecule has 446 valence electrons. The van der Waals surface area contributed by atoms with Crippen molar-refractivity contribution < 1.29 is 28.8 Å². The van der Waals surface area contributed by atoms with Gasteiger partial charge in [0, 0.05) is 32.2 Å². The first-order valence-corrected chi connectivity index (χ1v) is 30.3. The summed E-state index contributed by atoms with van der Waals surface area (Å²) in [7, 11) is 5.30. The summed E-state index contributed by atoms with van der Waals surface area (Å²) in [5.41, 5.74) is 5.21. The van der Waals surface area contributed by atoms with Gasteiger partial charge in [0.05, 0.1) is 36.1 Å². The summed E-state index contributed by atoms with van der Waals surface area (Å²) in [6.45, 7) is 9.11. The highest BCUT2D eigenvalue weighted by molar-refractivity contribution is 5.95. The Kier molecular flexibility index (Phi) is 22.5. The van der Waals surface area contributed by atoms with Crippen LogP contribution in [0.1, 0.15) is 157 Å². The Bertz CT molecular complexity index is 2830. The molecular weight excluding hydrogens is 1050 g/mol. The van der Waals surface area contributed by atoms with Gasteiger partial charge in [0.25, 0.3) is 0 Å². The third-order valence-electron chi connectivity index (χ3n) is 17.2. The second kappa shape index (κ2) is 30.3. The summed E-state index contributed by atoms with van der Waals surface area (Å²) < 4.78 is 1.84. The summed E-state index contributed by atoms with van der Waals surface area (Å²) in [5.74, 6) is -1.38. The van der Waals surface area contributed by atoms with Crippen LogP contribution in [0.4, 0.5) is 0 Å². The molecule has 4 fully saturated rings. The number of aryl methyl sites for hydroxylation is 3. The fourth-order valence-electron chi connectivity index (χ4n) is 12.1. The highest BCUT2D eigenvalue weighted by atomic mass is 16.2. The lowest BCUT2D eigenvalue weighted by atomic mass is 9.98. The van der Waals surface area contributed by atoms with E-state index in [1.165, 1.54) is 11.1 Å². The van der Waals surface area contributed by atoms with Crippen molar-refractivity contribution in [3.63, 3.8) is 0 Å². The standard InChI is InChI=1S/C63H88N14O6/c1-42(56(47-23-9-7-10-24-47)68-60(80)54-37-35-49-27-13-15-29-51(62(82)76(49)54)66-58(78)43(2)64-4)70-72-74(6)39-19-17-21-45-31-33-46(34-32-45)22-18-20-40-75-41-53(71-73-75)57(48-25-11-8-12-26-48)69-61(81)55-38-36-50-28-14-16-30-52(63(83)77(50)55)67-59(79)44(3)65-5/h7-12,23-26,31-34,41,43-44,49-52,54-57,64-65H,1,13-22,27-30,35-40H2,2-6H3,(H,66,78)(H,67,79)(H,68,80)(H,69,81)/t43-,44-,49-,50-,51-,52-,54-,55-,56+,57-/m0/s1. The molecule has 0 bridgehead atoms. The minimum absolute atomic E-state index is 0.0488. The van der Waals surface area contributed by atoms with E-state index in [9.17, 15) is 28.8 Å². The Hall–Kier alpha value is -7.32. The Morgan fingerprint density at radius 2 is 1.13 bits per heavy atom.